The van der Waals surface area contributed by atoms with Crippen molar-refractivity contribution >= 4 is 27.5 Å². The van der Waals surface area contributed by atoms with E-state index in [2.05, 4.69) is 57.4 Å². The van der Waals surface area contributed by atoms with Gasteiger partial charge in [-0.15, -0.1) is 0 Å². The molecule has 3 rings (SSSR count). The normalized spacial score (nSPS) is 17.1. The summed E-state index contributed by atoms with van der Waals surface area (Å²) in [6.45, 7) is 7.97. The van der Waals surface area contributed by atoms with E-state index in [9.17, 15) is 0 Å². The summed E-state index contributed by atoms with van der Waals surface area (Å²) < 4.78 is 0.970. The lowest BCUT2D eigenvalue weighted by molar-refractivity contribution is 0.815. The van der Waals surface area contributed by atoms with Crippen LogP contribution in [-0.2, 0) is 0 Å². The molecule has 0 amide bonds. The third-order valence-electron chi connectivity index (χ3n) is 3.86. The van der Waals surface area contributed by atoms with Gasteiger partial charge in [-0.2, -0.15) is 0 Å². The van der Waals surface area contributed by atoms with Crippen LogP contribution in [0, 0.1) is 0 Å². The van der Waals surface area contributed by atoms with Crippen LogP contribution in [0.15, 0.2) is 81.9 Å². The molecule has 1 atom stereocenters. The Morgan fingerprint density at radius 1 is 1.08 bits per heavy atom. The number of rotatable bonds is 3. The molecule has 2 aromatic carbocycles. The number of nitrogens with one attached hydrogen (secondary N) is 2. The van der Waals surface area contributed by atoms with Crippen molar-refractivity contribution in [2.45, 2.75) is 20.0 Å². The monoisotopic (exact) mass is 381 g/mol. The number of benzene rings is 2. The maximum absolute atomic E-state index is 4.88. The lowest BCUT2D eigenvalue weighted by Gasteiger charge is -2.27. The van der Waals surface area contributed by atoms with E-state index in [1.54, 1.807) is 0 Å². The quantitative estimate of drug-likeness (QED) is 0.702. The van der Waals surface area contributed by atoms with Crippen molar-refractivity contribution in [1.82, 2.24) is 5.32 Å². The Hall–Kier alpha value is -2.33. The first-order valence-corrected chi connectivity index (χ1v) is 8.63. The van der Waals surface area contributed by atoms with Crippen LogP contribution in [0.4, 0.5) is 5.69 Å². The van der Waals surface area contributed by atoms with Crippen molar-refractivity contribution in [3.63, 3.8) is 0 Å². The van der Waals surface area contributed by atoms with E-state index in [-0.39, 0.29) is 6.17 Å². The van der Waals surface area contributed by atoms with Gasteiger partial charge in [0.25, 0.3) is 0 Å². The first-order valence-electron chi connectivity index (χ1n) is 7.84. The van der Waals surface area contributed by atoms with Crippen LogP contribution in [0.25, 0.3) is 0 Å². The van der Waals surface area contributed by atoms with E-state index in [1.165, 1.54) is 0 Å². The molecule has 1 aliphatic heterocycles. The summed E-state index contributed by atoms with van der Waals surface area (Å²) in [7, 11) is 0. The number of nitrogens with zero attached hydrogens (tertiary/aromatic N) is 1. The fourth-order valence-electron chi connectivity index (χ4n) is 2.64. The van der Waals surface area contributed by atoms with E-state index in [0.717, 1.165) is 38.4 Å². The number of para-hydroxylation sites is 1. The minimum Gasteiger partial charge on any atom is -0.359 e. The number of halogens is 1. The minimum atomic E-state index is -0.111. The van der Waals surface area contributed by atoms with Crippen molar-refractivity contribution in [3.8, 4) is 0 Å². The SMILES string of the molecule is C=C(C)/C(Br)=C(\C)NC1=NC(c2ccccc2)Nc2ccccc21. The summed E-state index contributed by atoms with van der Waals surface area (Å²) in [4.78, 5) is 4.88. The van der Waals surface area contributed by atoms with Gasteiger partial charge in [0.2, 0.25) is 0 Å². The Balaban J connectivity index is 2.01. The molecule has 0 fully saturated rings. The molecule has 1 unspecified atom stereocenters. The summed E-state index contributed by atoms with van der Waals surface area (Å²) in [5.74, 6) is 0.855. The maximum atomic E-state index is 4.88. The summed E-state index contributed by atoms with van der Waals surface area (Å²) in [6, 6.07) is 18.4. The van der Waals surface area contributed by atoms with Gasteiger partial charge >= 0.3 is 0 Å². The second-order valence-corrected chi connectivity index (χ2v) is 6.62. The van der Waals surface area contributed by atoms with E-state index in [4.69, 9.17) is 4.99 Å². The van der Waals surface area contributed by atoms with Gasteiger partial charge in [0.1, 0.15) is 12.0 Å². The summed E-state index contributed by atoms with van der Waals surface area (Å²) in [5.41, 5.74) is 5.23. The molecule has 2 aromatic rings. The minimum absolute atomic E-state index is 0.111. The number of allylic oxidation sites excluding steroid dienone is 3. The smallest absolute Gasteiger partial charge is 0.147 e. The Morgan fingerprint density at radius 2 is 1.75 bits per heavy atom. The highest BCUT2D eigenvalue weighted by Gasteiger charge is 2.21. The molecule has 3 nitrogen and oxygen atoms in total. The van der Waals surface area contributed by atoms with E-state index >= 15 is 0 Å². The average molecular weight is 382 g/mol. The number of fused-ring (bicyclic) bond motifs is 1. The molecule has 0 spiro atoms. The molecule has 24 heavy (non-hydrogen) atoms. The Bertz CT molecular complexity index is 822. The molecule has 0 aromatic heterocycles. The second-order valence-electron chi connectivity index (χ2n) is 5.83. The standard InChI is InChI=1S/C20H20BrN3/c1-13(2)18(21)14(3)22-20-16-11-7-8-12-17(16)23-19(24-20)15-9-5-4-6-10-15/h4-12,19,23H,1H2,2-3H3,(H,22,24)/b18-14-. The van der Waals surface area contributed by atoms with Crippen LogP contribution < -0.4 is 10.6 Å². The molecule has 1 aliphatic rings. The molecule has 4 heteroatoms. The van der Waals surface area contributed by atoms with Crippen molar-refractivity contribution in [2.24, 2.45) is 4.99 Å². The zero-order valence-electron chi connectivity index (χ0n) is 13.8. The van der Waals surface area contributed by atoms with Crippen LogP contribution in [0.5, 0.6) is 0 Å². The molecule has 122 valence electrons. The van der Waals surface area contributed by atoms with Gasteiger partial charge in [0.05, 0.1) is 0 Å². The molecule has 0 bridgehead atoms. The molecule has 0 radical (unpaired) electrons. The van der Waals surface area contributed by atoms with Gasteiger partial charge in [-0.05, 0) is 53.0 Å². The highest BCUT2D eigenvalue weighted by Crippen LogP contribution is 2.29. The number of hydrogen-bond donors (Lipinski definition) is 2. The number of anilines is 1. The van der Waals surface area contributed by atoms with Gasteiger partial charge < -0.3 is 10.6 Å². The van der Waals surface area contributed by atoms with Gasteiger partial charge in [-0.1, -0.05) is 49.0 Å². The lowest BCUT2D eigenvalue weighted by atomic mass is 10.1. The molecule has 2 N–H and O–H groups in total. The number of hydrogen-bond acceptors (Lipinski definition) is 3. The van der Waals surface area contributed by atoms with Crippen molar-refractivity contribution in [1.29, 1.82) is 0 Å². The third kappa shape index (κ3) is 3.44. The molecule has 0 saturated carbocycles. The molecule has 0 saturated heterocycles. The van der Waals surface area contributed by atoms with Crippen LogP contribution in [0.2, 0.25) is 0 Å². The van der Waals surface area contributed by atoms with Crippen LogP contribution >= 0.6 is 15.9 Å². The Labute approximate surface area is 151 Å². The van der Waals surface area contributed by atoms with Crippen molar-refractivity contribution < 1.29 is 0 Å². The van der Waals surface area contributed by atoms with E-state index < -0.39 is 0 Å². The highest BCUT2D eigenvalue weighted by molar-refractivity contribution is 9.12. The van der Waals surface area contributed by atoms with Gasteiger partial charge in [-0.25, -0.2) is 4.99 Å². The molecule has 0 aliphatic carbocycles. The van der Waals surface area contributed by atoms with Gasteiger partial charge in [0.15, 0.2) is 0 Å². The second kappa shape index (κ2) is 7.05. The van der Waals surface area contributed by atoms with Crippen LogP contribution in [0.1, 0.15) is 31.1 Å². The average Bonchev–Trinajstić information content (AvgIpc) is 2.61. The van der Waals surface area contributed by atoms with E-state index in [1.807, 2.05) is 44.2 Å². The largest absolute Gasteiger partial charge is 0.359 e. The Kier molecular flexibility index (Phi) is 4.86. The summed E-state index contributed by atoms with van der Waals surface area (Å²) >= 11 is 3.58. The van der Waals surface area contributed by atoms with Crippen molar-refractivity contribution in [3.05, 3.63) is 88.1 Å². The highest BCUT2D eigenvalue weighted by atomic mass is 79.9. The predicted molar refractivity (Wildman–Crippen MR) is 105 cm³/mol. The molecular weight excluding hydrogens is 362 g/mol. The topological polar surface area (TPSA) is 36.4 Å². The molecule has 1 heterocycles. The summed E-state index contributed by atoms with van der Waals surface area (Å²) in [5, 5.41) is 6.93. The van der Waals surface area contributed by atoms with Crippen LogP contribution in [-0.4, -0.2) is 5.84 Å². The zero-order chi connectivity index (χ0) is 17.1. The van der Waals surface area contributed by atoms with Gasteiger partial charge in [-0.3, -0.25) is 0 Å². The summed E-state index contributed by atoms with van der Waals surface area (Å²) in [6.07, 6.45) is -0.111. The van der Waals surface area contributed by atoms with Crippen molar-refractivity contribution in [2.75, 3.05) is 5.32 Å². The first-order chi connectivity index (χ1) is 11.6. The fourth-order valence-corrected chi connectivity index (χ4v) is 2.74. The van der Waals surface area contributed by atoms with Crippen LogP contribution in [0.3, 0.4) is 0 Å². The van der Waals surface area contributed by atoms with E-state index in [0.29, 0.717) is 0 Å². The first kappa shape index (κ1) is 16.5. The molecular formula is C20H20BrN3. The fraction of sp³-hybridized carbons (Fsp3) is 0.150. The number of amidine groups is 1. The third-order valence-corrected chi connectivity index (χ3v) is 5.13. The number of aliphatic imine (C=N–C) groups is 1. The maximum Gasteiger partial charge on any atom is 0.147 e. The lowest BCUT2D eigenvalue weighted by Crippen LogP contribution is -2.30. The zero-order valence-corrected chi connectivity index (χ0v) is 15.4. The predicted octanol–water partition coefficient (Wildman–Crippen LogP) is 5.35. The van der Waals surface area contributed by atoms with Gasteiger partial charge in [0, 0.05) is 21.4 Å². The Morgan fingerprint density at radius 3 is 2.46 bits per heavy atom.